The molecule has 0 fully saturated rings. The first-order valence-corrected chi connectivity index (χ1v) is 7.55. The van der Waals surface area contributed by atoms with E-state index in [1.54, 1.807) is 12.4 Å². The maximum absolute atomic E-state index is 5.74. The fourth-order valence-electron chi connectivity index (χ4n) is 2.36. The highest BCUT2D eigenvalue weighted by Gasteiger charge is 2.17. The molecule has 0 spiro atoms. The predicted octanol–water partition coefficient (Wildman–Crippen LogP) is 3.82. The van der Waals surface area contributed by atoms with Gasteiger partial charge in [0.2, 0.25) is 0 Å². The molecule has 0 aliphatic heterocycles. The van der Waals surface area contributed by atoms with Crippen molar-refractivity contribution >= 4 is 33.7 Å². The molecule has 0 bridgehead atoms. The molecule has 4 nitrogen and oxygen atoms in total. The van der Waals surface area contributed by atoms with Gasteiger partial charge in [-0.05, 0) is 29.7 Å². The maximum atomic E-state index is 5.74. The van der Waals surface area contributed by atoms with Crippen LogP contribution in [0.3, 0.4) is 0 Å². The van der Waals surface area contributed by atoms with Gasteiger partial charge in [-0.25, -0.2) is 4.98 Å². The van der Waals surface area contributed by atoms with Crippen molar-refractivity contribution in [3.05, 3.63) is 41.9 Å². The van der Waals surface area contributed by atoms with Crippen LogP contribution in [0.4, 0.5) is 0 Å². The van der Waals surface area contributed by atoms with Gasteiger partial charge < -0.3 is 4.74 Å². The highest BCUT2D eigenvalue weighted by molar-refractivity contribution is 7.80. The number of H-pyrrole nitrogens is 1. The number of hydrogen-bond acceptors (Lipinski definition) is 4. The van der Waals surface area contributed by atoms with Gasteiger partial charge in [0.25, 0.3) is 0 Å². The molecule has 1 N–H and O–H groups in total. The van der Waals surface area contributed by atoms with Gasteiger partial charge in [0.05, 0.1) is 17.7 Å². The molecule has 1 aliphatic rings. The lowest BCUT2D eigenvalue weighted by Crippen LogP contribution is -2.09. The summed E-state index contributed by atoms with van der Waals surface area (Å²) in [6.07, 6.45) is 10.5. The zero-order valence-electron chi connectivity index (χ0n) is 11.9. The van der Waals surface area contributed by atoms with Crippen LogP contribution in [0, 0.1) is 0 Å². The Labute approximate surface area is 128 Å². The predicted molar refractivity (Wildman–Crippen MR) is 88.0 cm³/mol. The lowest BCUT2D eigenvalue weighted by Gasteiger charge is -2.17. The van der Waals surface area contributed by atoms with Crippen molar-refractivity contribution in [2.75, 3.05) is 6.61 Å². The number of aromatic nitrogens is 3. The fourth-order valence-corrected chi connectivity index (χ4v) is 2.64. The average molecular weight is 299 g/mol. The van der Waals surface area contributed by atoms with Crippen molar-refractivity contribution in [1.29, 1.82) is 0 Å². The third-order valence-corrected chi connectivity index (χ3v) is 3.86. The molecule has 0 saturated carbocycles. The smallest absolute Gasteiger partial charge is 0.155 e. The Bertz CT molecular complexity index is 730. The van der Waals surface area contributed by atoms with Crippen molar-refractivity contribution in [3.63, 3.8) is 0 Å². The number of unbranched alkanes of at least 4 members (excludes halogenated alkanes) is 1. The first-order valence-electron chi connectivity index (χ1n) is 7.15. The van der Waals surface area contributed by atoms with E-state index in [1.807, 2.05) is 12.1 Å². The van der Waals surface area contributed by atoms with Gasteiger partial charge in [0.15, 0.2) is 5.65 Å². The molecule has 0 aromatic carbocycles. The van der Waals surface area contributed by atoms with Crippen molar-refractivity contribution in [3.8, 4) is 0 Å². The first kappa shape index (κ1) is 13.9. The van der Waals surface area contributed by atoms with E-state index in [9.17, 15) is 0 Å². The maximum Gasteiger partial charge on any atom is 0.155 e. The summed E-state index contributed by atoms with van der Waals surface area (Å²) in [5, 5.41) is 7.97. The highest BCUT2D eigenvalue weighted by atomic mass is 32.1. The van der Waals surface area contributed by atoms with Gasteiger partial charge in [0, 0.05) is 18.0 Å². The molecule has 2 heterocycles. The number of nitrogens with one attached hydrogen (secondary N) is 1. The van der Waals surface area contributed by atoms with Crippen molar-refractivity contribution in [1.82, 2.24) is 15.2 Å². The average Bonchev–Trinajstić information content (AvgIpc) is 2.97. The van der Waals surface area contributed by atoms with Crippen LogP contribution >= 0.6 is 12.2 Å². The summed E-state index contributed by atoms with van der Waals surface area (Å²) in [5.41, 5.74) is 3.10. The second kappa shape index (κ2) is 6.18. The van der Waals surface area contributed by atoms with Crippen molar-refractivity contribution in [2.45, 2.75) is 26.2 Å². The largest absolute Gasteiger partial charge is 0.492 e. The van der Waals surface area contributed by atoms with Gasteiger partial charge >= 0.3 is 0 Å². The SMILES string of the molecule is CCCCOC1=CC=C(c2ccnc3[nH]ncc23)CC1=S. The summed E-state index contributed by atoms with van der Waals surface area (Å²) in [7, 11) is 0. The monoisotopic (exact) mass is 299 g/mol. The standard InChI is InChI=1S/C16H17N3OS/c1-2-3-8-20-14-5-4-11(9-15(14)21)12-6-7-17-16-13(12)10-18-19-16/h4-7,10H,2-3,8-9H2,1H3,(H,17,18,19). The zero-order chi connectivity index (χ0) is 14.7. The van der Waals surface area contributed by atoms with Crippen LogP contribution in [-0.2, 0) is 4.74 Å². The van der Waals surface area contributed by atoms with Crippen molar-refractivity contribution < 1.29 is 4.74 Å². The van der Waals surface area contributed by atoms with E-state index in [4.69, 9.17) is 17.0 Å². The third kappa shape index (κ3) is 2.88. The summed E-state index contributed by atoms with van der Waals surface area (Å²) in [5.74, 6) is 0.833. The van der Waals surface area contributed by atoms with Crippen LogP contribution < -0.4 is 0 Å². The second-order valence-corrected chi connectivity index (χ2v) is 5.51. The number of fused-ring (bicyclic) bond motifs is 1. The Morgan fingerprint density at radius 3 is 3.10 bits per heavy atom. The molecule has 0 radical (unpaired) electrons. The number of nitrogens with zero attached hydrogens (tertiary/aromatic N) is 2. The topological polar surface area (TPSA) is 50.8 Å². The molecule has 2 aromatic heterocycles. The van der Waals surface area contributed by atoms with Crippen LogP contribution in [0.2, 0.25) is 0 Å². The quantitative estimate of drug-likeness (QED) is 0.673. The van der Waals surface area contributed by atoms with Gasteiger partial charge in [-0.2, -0.15) is 5.10 Å². The highest BCUT2D eigenvalue weighted by Crippen LogP contribution is 2.29. The van der Waals surface area contributed by atoms with E-state index in [-0.39, 0.29) is 0 Å². The molecule has 21 heavy (non-hydrogen) atoms. The molecular weight excluding hydrogens is 282 g/mol. The van der Waals surface area contributed by atoms with Crippen LogP contribution in [-0.4, -0.2) is 26.7 Å². The second-order valence-electron chi connectivity index (χ2n) is 5.02. The number of pyridine rings is 1. The number of thiocarbonyl (C=S) groups is 1. The first-order chi connectivity index (χ1) is 10.3. The molecule has 0 atom stereocenters. The molecule has 0 amide bonds. The minimum Gasteiger partial charge on any atom is -0.492 e. The number of hydrogen-bond donors (Lipinski definition) is 1. The lowest BCUT2D eigenvalue weighted by atomic mass is 9.95. The molecule has 108 valence electrons. The van der Waals surface area contributed by atoms with Gasteiger partial charge in [0.1, 0.15) is 5.76 Å². The molecule has 2 aromatic rings. The van der Waals surface area contributed by atoms with Crippen LogP contribution in [0.1, 0.15) is 31.7 Å². The normalized spacial score (nSPS) is 15.0. The third-order valence-electron chi connectivity index (χ3n) is 3.52. The van der Waals surface area contributed by atoms with E-state index in [0.717, 1.165) is 53.1 Å². The Morgan fingerprint density at radius 1 is 1.38 bits per heavy atom. The van der Waals surface area contributed by atoms with Crippen LogP contribution in [0.25, 0.3) is 16.6 Å². The number of allylic oxidation sites excluding steroid dienone is 4. The summed E-state index contributed by atoms with van der Waals surface area (Å²) >= 11 is 5.48. The van der Waals surface area contributed by atoms with E-state index >= 15 is 0 Å². The van der Waals surface area contributed by atoms with E-state index in [1.165, 1.54) is 5.57 Å². The van der Waals surface area contributed by atoms with E-state index in [0.29, 0.717) is 0 Å². The Morgan fingerprint density at radius 2 is 2.29 bits per heavy atom. The Balaban J connectivity index is 1.87. The summed E-state index contributed by atoms with van der Waals surface area (Å²) in [6.45, 7) is 2.88. The Kier molecular flexibility index (Phi) is 4.10. The van der Waals surface area contributed by atoms with Crippen molar-refractivity contribution in [2.24, 2.45) is 0 Å². The minimum absolute atomic E-state index is 0.720. The van der Waals surface area contributed by atoms with Crippen LogP contribution in [0.5, 0.6) is 0 Å². The molecular formula is C16H17N3OS. The number of ether oxygens (including phenoxy) is 1. The molecule has 0 unspecified atom stereocenters. The summed E-state index contributed by atoms with van der Waals surface area (Å²) in [6, 6.07) is 2.00. The number of rotatable bonds is 5. The molecule has 1 aliphatic carbocycles. The molecule has 5 heteroatoms. The van der Waals surface area contributed by atoms with E-state index < -0.39 is 0 Å². The minimum atomic E-state index is 0.720. The number of aromatic amines is 1. The van der Waals surface area contributed by atoms with Gasteiger partial charge in [-0.15, -0.1) is 0 Å². The summed E-state index contributed by atoms with van der Waals surface area (Å²) in [4.78, 5) is 5.12. The molecule has 0 saturated heterocycles. The van der Waals surface area contributed by atoms with Crippen LogP contribution in [0.15, 0.2) is 36.4 Å². The lowest BCUT2D eigenvalue weighted by molar-refractivity contribution is 0.226. The van der Waals surface area contributed by atoms with Gasteiger partial charge in [-0.1, -0.05) is 31.6 Å². The zero-order valence-corrected chi connectivity index (χ0v) is 12.7. The fraction of sp³-hybridized carbons (Fsp3) is 0.312. The Hall–Kier alpha value is -2.01. The summed E-state index contributed by atoms with van der Waals surface area (Å²) < 4.78 is 5.74. The van der Waals surface area contributed by atoms with E-state index in [2.05, 4.69) is 28.2 Å². The molecule has 3 rings (SSSR count). The van der Waals surface area contributed by atoms with Gasteiger partial charge in [-0.3, -0.25) is 5.10 Å².